The molecule has 0 radical (unpaired) electrons. The molecule has 0 aliphatic heterocycles. The van der Waals surface area contributed by atoms with Gasteiger partial charge in [-0.15, -0.1) is 0 Å². The van der Waals surface area contributed by atoms with Gasteiger partial charge in [0, 0.05) is 17.6 Å². The number of carbonyl (C=O) groups is 2. The van der Waals surface area contributed by atoms with E-state index in [0.29, 0.717) is 12.2 Å². The molecule has 1 fully saturated rings. The first-order valence-corrected chi connectivity index (χ1v) is 8.66. The zero-order valence-corrected chi connectivity index (χ0v) is 14.4. The minimum Gasteiger partial charge on any atom is -0.376 e. The topological polar surface area (TPSA) is 84.2 Å². The highest BCUT2D eigenvalue weighted by Crippen LogP contribution is 2.43. The number of nitrogens with one attached hydrogen (secondary N) is 2. The first kappa shape index (κ1) is 17.9. The normalized spacial score (nSPS) is 15.0. The zero-order valence-electron chi connectivity index (χ0n) is 14.4. The van der Waals surface area contributed by atoms with Crippen LogP contribution < -0.4 is 16.4 Å². The fraction of sp³-hybridized carbons (Fsp3) is 0.300. The van der Waals surface area contributed by atoms with Gasteiger partial charge in [0.25, 0.3) is 5.91 Å². The zero-order chi connectivity index (χ0) is 18.6. The number of rotatable bonds is 7. The smallest absolute Gasteiger partial charge is 0.251 e. The summed E-state index contributed by atoms with van der Waals surface area (Å²) in [6.07, 6.45) is 3.28. The van der Waals surface area contributed by atoms with Crippen molar-refractivity contribution in [3.8, 4) is 0 Å². The lowest BCUT2D eigenvalue weighted by molar-refractivity contribution is -0.119. The Morgan fingerprint density at radius 1 is 1.12 bits per heavy atom. The van der Waals surface area contributed by atoms with Gasteiger partial charge in [0.2, 0.25) is 5.91 Å². The minimum atomic E-state index is -0.842. The first-order chi connectivity index (χ1) is 12.5. The Labute approximate surface area is 151 Å². The number of hydrogen-bond donors (Lipinski definition) is 3. The summed E-state index contributed by atoms with van der Waals surface area (Å²) in [5, 5.41) is 5.87. The van der Waals surface area contributed by atoms with E-state index in [2.05, 4.69) is 22.8 Å². The van der Waals surface area contributed by atoms with Crippen molar-refractivity contribution in [3.63, 3.8) is 0 Å². The first-order valence-electron chi connectivity index (χ1n) is 8.66. The summed E-state index contributed by atoms with van der Waals surface area (Å²) in [6.45, 7) is 0.627. The predicted octanol–water partition coefficient (Wildman–Crippen LogP) is 2.57. The molecule has 0 heterocycles. The summed E-state index contributed by atoms with van der Waals surface area (Å²) in [6, 6.07) is 14.2. The lowest BCUT2D eigenvalue weighted by atomic mass is 9.64. The molecule has 0 spiro atoms. The Kier molecular flexibility index (Phi) is 5.21. The predicted molar refractivity (Wildman–Crippen MR) is 98.4 cm³/mol. The highest BCUT2D eigenvalue weighted by molar-refractivity contribution is 5.94. The summed E-state index contributed by atoms with van der Waals surface area (Å²) < 4.78 is 13.5. The van der Waals surface area contributed by atoms with Gasteiger partial charge in [0.05, 0.1) is 12.1 Å². The van der Waals surface area contributed by atoms with Crippen LogP contribution in [-0.2, 0) is 10.2 Å². The van der Waals surface area contributed by atoms with Crippen molar-refractivity contribution in [2.75, 3.05) is 18.4 Å². The summed E-state index contributed by atoms with van der Waals surface area (Å²) in [5.74, 6) is -1.68. The van der Waals surface area contributed by atoms with Crippen LogP contribution in [0, 0.1) is 5.82 Å². The van der Waals surface area contributed by atoms with Crippen molar-refractivity contribution in [2.45, 2.75) is 24.7 Å². The van der Waals surface area contributed by atoms with Crippen LogP contribution in [0.3, 0.4) is 0 Å². The molecule has 2 aromatic carbocycles. The molecular weight excluding hydrogens is 333 g/mol. The van der Waals surface area contributed by atoms with Gasteiger partial charge < -0.3 is 16.4 Å². The number of carbonyl (C=O) groups excluding carboxylic acids is 2. The number of primary amides is 1. The van der Waals surface area contributed by atoms with Crippen LogP contribution in [0.25, 0.3) is 0 Å². The Morgan fingerprint density at radius 3 is 2.46 bits per heavy atom. The van der Waals surface area contributed by atoms with Crippen LogP contribution in [0.5, 0.6) is 0 Å². The molecule has 136 valence electrons. The molecule has 1 saturated carbocycles. The highest BCUT2D eigenvalue weighted by Gasteiger charge is 2.38. The summed E-state index contributed by atoms with van der Waals surface area (Å²) >= 11 is 0. The van der Waals surface area contributed by atoms with Crippen molar-refractivity contribution < 1.29 is 14.0 Å². The van der Waals surface area contributed by atoms with E-state index in [9.17, 15) is 14.0 Å². The fourth-order valence-electron chi connectivity index (χ4n) is 3.30. The molecule has 0 atom stereocenters. The van der Waals surface area contributed by atoms with Gasteiger partial charge in [-0.05, 0) is 36.6 Å². The highest BCUT2D eigenvalue weighted by atomic mass is 19.1. The van der Waals surface area contributed by atoms with Crippen LogP contribution in [0.1, 0.15) is 35.2 Å². The third kappa shape index (κ3) is 3.85. The Morgan fingerprint density at radius 2 is 1.85 bits per heavy atom. The summed E-state index contributed by atoms with van der Waals surface area (Å²) in [4.78, 5) is 23.4. The summed E-state index contributed by atoms with van der Waals surface area (Å²) in [7, 11) is 0. The number of amides is 2. The van der Waals surface area contributed by atoms with E-state index in [4.69, 9.17) is 5.73 Å². The van der Waals surface area contributed by atoms with Crippen LogP contribution in [0.2, 0.25) is 0 Å². The monoisotopic (exact) mass is 355 g/mol. The van der Waals surface area contributed by atoms with E-state index in [-0.39, 0.29) is 23.4 Å². The second-order valence-electron chi connectivity index (χ2n) is 6.69. The second-order valence-corrected chi connectivity index (χ2v) is 6.69. The average Bonchev–Trinajstić information content (AvgIpc) is 2.61. The van der Waals surface area contributed by atoms with Crippen molar-refractivity contribution in [3.05, 3.63) is 65.5 Å². The van der Waals surface area contributed by atoms with E-state index >= 15 is 0 Å². The Balaban J connectivity index is 1.55. The van der Waals surface area contributed by atoms with Crippen molar-refractivity contribution in [2.24, 2.45) is 5.73 Å². The number of benzene rings is 2. The van der Waals surface area contributed by atoms with E-state index in [1.165, 1.54) is 17.7 Å². The van der Waals surface area contributed by atoms with E-state index in [1.807, 2.05) is 18.2 Å². The van der Waals surface area contributed by atoms with Crippen LogP contribution in [0.15, 0.2) is 48.5 Å². The molecule has 1 aliphatic carbocycles. The lowest BCUT2D eigenvalue weighted by Gasteiger charge is -2.42. The van der Waals surface area contributed by atoms with Crippen LogP contribution in [0.4, 0.5) is 10.1 Å². The molecule has 4 N–H and O–H groups in total. The van der Waals surface area contributed by atoms with Gasteiger partial charge in [-0.2, -0.15) is 0 Å². The van der Waals surface area contributed by atoms with Gasteiger partial charge in [-0.25, -0.2) is 4.39 Å². The molecule has 6 heteroatoms. The van der Waals surface area contributed by atoms with E-state index < -0.39 is 11.7 Å². The molecule has 0 bridgehead atoms. The van der Waals surface area contributed by atoms with Gasteiger partial charge in [0.15, 0.2) is 0 Å². The molecule has 5 nitrogen and oxygen atoms in total. The maximum Gasteiger partial charge on any atom is 0.251 e. The molecule has 2 aromatic rings. The number of halogens is 1. The van der Waals surface area contributed by atoms with Gasteiger partial charge in [0.1, 0.15) is 5.82 Å². The van der Waals surface area contributed by atoms with Crippen molar-refractivity contribution in [1.29, 1.82) is 0 Å². The Bertz CT molecular complexity index is 804. The van der Waals surface area contributed by atoms with Gasteiger partial charge in [-0.1, -0.05) is 36.8 Å². The van der Waals surface area contributed by atoms with Crippen molar-refractivity contribution >= 4 is 17.5 Å². The molecular formula is C20H22FN3O2. The standard InChI is InChI=1S/C20H22FN3O2/c21-17-8-7-15(11-16(17)19(22)26)23-12-18(25)24-13-20(9-4-10-20)14-5-2-1-3-6-14/h1-3,5-8,11,23H,4,9-10,12-13H2,(H2,22,26)(H,24,25). The van der Waals surface area contributed by atoms with Crippen molar-refractivity contribution in [1.82, 2.24) is 5.32 Å². The molecule has 26 heavy (non-hydrogen) atoms. The van der Waals surface area contributed by atoms with Crippen LogP contribution >= 0.6 is 0 Å². The minimum absolute atomic E-state index is 0.0198. The molecule has 1 aliphatic rings. The molecule has 2 amide bonds. The number of nitrogens with two attached hydrogens (primary N) is 1. The third-order valence-corrected chi connectivity index (χ3v) is 5.01. The number of anilines is 1. The molecule has 0 unspecified atom stereocenters. The van der Waals surface area contributed by atoms with Crippen LogP contribution in [-0.4, -0.2) is 24.9 Å². The molecule has 0 aromatic heterocycles. The van der Waals surface area contributed by atoms with Gasteiger partial charge in [-0.3, -0.25) is 9.59 Å². The fourth-order valence-corrected chi connectivity index (χ4v) is 3.30. The molecule has 3 rings (SSSR count). The Hall–Kier alpha value is -2.89. The van der Waals surface area contributed by atoms with Gasteiger partial charge >= 0.3 is 0 Å². The summed E-state index contributed by atoms with van der Waals surface area (Å²) in [5.41, 5.74) is 6.67. The average molecular weight is 355 g/mol. The lowest BCUT2D eigenvalue weighted by Crippen LogP contribution is -2.46. The number of hydrogen-bond acceptors (Lipinski definition) is 3. The third-order valence-electron chi connectivity index (χ3n) is 5.01. The SMILES string of the molecule is NC(=O)c1cc(NCC(=O)NCC2(c3ccccc3)CCC2)ccc1F. The largest absolute Gasteiger partial charge is 0.376 e. The van der Waals surface area contributed by atoms with E-state index in [1.54, 1.807) is 0 Å². The maximum absolute atomic E-state index is 13.5. The molecule has 0 saturated heterocycles. The quantitative estimate of drug-likeness (QED) is 0.714. The second kappa shape index (κ2) is 7.56. The van der Waals surface area contributed by atoms with E-state index in [0.717, 1.165) is 25.3 Å². The maximum atomic E-state index is 13.5.